The molecule has 2 atom stereocenters. The molecule has 0 bridgehead atoms. The van der Waals surface area contributed by atoms with Crippen molar-refractivity contribution in [2.24, 2.45) is 11.8 Å². The molecular formula is C38H58N6O2. The van der Waals surface area contributed by atoms with Gasteiger partial charge in [-0.15, -0.1) is 0 Å². The lowest BCUT2D eigenvalue weighted by Gasteiger charge is -2.43. The highest BCUT2D eigenvalue weighted by Crippen LogP contribution is 2.35. The molecular weight excluding hydrogens is 572 g/mol. The Kier molecular flexibility index (Phi) is 12.1. The summed E-state index contributed by atoms with van der Waals surface area (Å²) in [6.45, 7) is 1.53. The van der Waals surface area contributed by atoms with Crippen LogP contribution < -0.4 is 20.4 Å². The van der Waals surface area contributed by atoms with E-state index in [1.807, 2.05) is 52.5 Å². The highest BCUT2D eigenvalue weighted by atomic mass is 16.2. The Bertz CT molecular complexity index is 1140. The topological polar surface area (TPSA) is 71.2 Å². The van der Waals surface area contributed by atoms with Gasteiger partial charge in [-0.3, -0.25) is 0 Å². The Hall–Kier alpha value is -3.42. The summed E-state index contributed by atoms with van der Waals surface area (Å²) in [4.78, 5) is 36.5. The lowest BCUT2D eigenvalue weighted by Crippen LogP contribution is -2.51. The van der Waals surface area contributed by atoms with E-state index >= 15 is 0 Å². The predicted molar refractivity (Wildman–Crippen MR) is 192 cm³/mol. The molecule has 2 aromatic rings. The fraction of sp³-hybridized carbons (Fsp3) is 0.632. The third-order valence-corrected chi connectivity index (χ3v) is 10.8. The van der Waals surface area contributed by atoms with Gasteiger partial charge in [0.1, 0.15) is 0 Å². The molecule has 8 heteroatoms. The summed E-state index contributed by atoms with van der Waals surface area (Å²) >= 11 is 0. The molecule has 252 valence electrons. The molecule has 3 saturated carbocycles. The van der Waals surface area contributed by atoms with Crippen molar-refractivity contribution in [3.63, 3.8) is 0 Å². The van der Waals surface area contributed by atoms with Crippen LogP contribution in [-0.2, 0) is 0 Å². The van der Waals surface area contributed by atoms with Crippen molar-refractivity contribution in [1.82, 2.24) is 9.80 Å². The summed E-state index contributed by atoms with van der Waals surface area (Å²) in [5, 5.41) is 6.50. The summed E-state index contributed by atoms with van der Waals surface area (Å²) in [5.74, 6) is 0.770. The van der Waals surface area contributed by atoms with Gasteiger partial charge in [-0.05, 0) is 98.9 Å². The Morgan fingerprint density at radius 3 is 1.17 bits per heavy atom. The van der Waals surface area contributed by atoms with Crippen molar-refractivity contribution in [2.45, 2.75) is 102 Å². The van der Waals surface area contributed by atoms with Crippen LogP contribution in [0.4, 0.5) is 32.3 Å². The molecule has 0 heterocycles. The summed E-state index contributed by atoms with van der Waals surface area (Å²) < 4.78 is 0. The molecule has 5 rings (SSSR count). The van der Waals surface area contributed by atoms with Gasteiger partial charge in [0.15, 0.2) is 0 Å². The molecule has 2 N–H and O–H groups in total. The Labute approximate surface area is 277 Å². The SMILES string of the molecule is CN(C)c1ccc(NC(=O)N(CC2CCCCC2CN(C(=O)Nc2ccc(N(C)C)cc2)C2CCCCC2)C2CCCCC2)cc1. The molecule has 0 aromatic heterocycles. The quantitative estimate of drug-likeness (QED) is 0.276. The summed E-state index contributed by atoms with van der Waals surface area (Å²) in [6.07, 6.45) is 16.2. The maximum Gasteiger partial charge on any atom is 0.322 e. The monoisotopic (exact) mass is 630 g/mol. The van der Waals surface area contributed by atoms with Crippen LogP contribution in [-0.4, -0.2) is 75.2 Å². The van der Waals surface area contributed by atoms with Crippen LogP contribution in [0.15, 0.2) is 48.5 Å². The average molecular weight is 631 g/mol. The van der Waals surface area contributed by atoms with Gasteiger partial charge in [0.2, 0.25) is 0 Å². The number of rotatable bonds is 10. The normalized spacial score (nSPS) is 20.9. The number of nitrogens with zero attached hydrogens (tertiary/aromatic N) is 4. The first-order chi connectivity index (χ1) is 22.3. The van der Waals surface area contributed by atoms with E-state index in [0.717, 1.165) is 74.4 Å². The zero-order valence-corrected chi connectivity index (χ0v) is 28.8. The summed E-state index contributed by atoms with van der Waals surface area (Å²) in [7, 11) is 8.11. The molecule has 0 radical (unpaired) electrons. The van der Waals surface area contributed by atoms with Gasteiger partial charge >= 0.3 is 12.1 Å². The first-order valence-electron chi connectivity index (χ1n) is 18.0. The van der Waals surface area contributed by atoms with Crippen molar-refractivity contribution in [3.05, 3.63) is 48.5 Å². The maximum absolute atomic E-state index is 14.0. The fourth-order valence-corrected chi connectivity index (χ4v) is 7.93. The second kappa shape index (κ2) is 16.4. The van der Waals surface area contributed by atoms with Gasteiger partial charge in [0.25, 0.3) is 0 Å². The molecule has 4 amide bonds. The fourth-order valence-electron chi connectivity index (χ4n) is 7.93. The summed E-state index contributed by atoms with van der Waals surface area (Å²) in [5.41, 5.74) is 3.92. The van der Waals surface area contributed by atoms with E-state index < -0.39 is 0 Å². The third kappa shape index (κ3) is 9.10. The van der Waals surface area contributed by atoms with Gasteiger partial charge in [-0.1, -0.05) is 51.4 Å². The van der Waals surface area contributed by atoms with Crippen molar-refractivity contribution in [2.75, 3.05) is 61.7 Å². The molecule has 3 aliphatic carbocycles. The molecule has 3 fully saturated rings. The Morgan fingerprint density at radius 1 is 0.522 bits per heavy atom. The molecule has 2 aromatic carbocycles. The van der Waals surface area contributed by atoms with Crippen LogP contribution in [0, 0.1) is 11.8 Å². The van der Waals surface area contributed by atoms with Gasteiger partial charge < -0.3 is 30.2 Å². The van der Waals surface area contributed by atoms with E-state index in [4.69, 9.17) is 0 Å². The zero-order chi connectivity index (χ0) is 32.5. The van der Waals surface area contributed by atoms with Gasteiger partial charge in [0, 0.05) is 76.1 Å². The van der Waals surface area contributed by atoms with E-state index in [1.54, 1.807) is 0 Å². The van der Waals surface area contributed by atoms with Crippen molar-refractivity contribution < 1.29 is 9.59 Å². The first kappa shape index (κ1) is 33.9. The van der Waals surface area contributed by atoms with Crippen molar-refractivity contribution in [1.29, 1.82) is 0 Å². The number of carbonyl (C=O) groups is 2. The van der Waals surface area contributed by atoms with E-state index in [-0.39, 0.29) is 24.1 Å². The van der Waals surface area contributed by atoms with E-state index in [2.05, 4.69) is 54.5 Å². The smallest absolute Gasteiger partial charge is 0.322 e. The molecule has 3 aliphatic rings. The molecule has 8 nitrogen and oxygen atoms in total. The minimum Gasteiger partial charge on any atom is -0.378 e. The second-order valence-electron chi connectivity index (χ2n) is 14.4. The lowest BCUT2D eigenvalue weighted by atomic mass is 9.77. The number of urea groups is 2. The summed E-state index contributed by atoms with van der Waals surface area (Å²) in [6, 6.07) is 16.8. The Morgan fingerprint density at radius 2 is 0.848 bits per heavy atom. The highest BCUT2D eigenvalue weighted by Gasteiger charge is 2.36. The first-order valence-corrected chi connectivity index (χ1v) is 18.0. The van der Waals surface area contributed by atoms with Gasteiger partial charge in [0.05, 0.1) is 0 Å². The number of carbonyl (C=O) groups excluding carboxylic acids is 2. The predicted octanol–water partition coefficient (Wildman–Crippen LogP) is 8.66. The number of benzene rings is 2. The number of hydrogen-bond acceptors (Lipinski definition) is 4. The molecule has 2 unspecified atom stereocenters. The van der Waals surface area contributed by atoms with Crippen LogP contribution in [0.5, 0.6) is 0 Å². The van der Waals surface area contributed by atoms with Crippen LogP contribution in [0.25, 0.3) is 0 Å². The molecule has 0 spiro atoms. The minimum absolute atomic E-state index is 0.0249. The van der Waals surface area contributed by atoms with Crippen LogP contribution in [0.3, 0.4) is 0 Å². The van der Waals surface area contributed by atoms with Gasteiger partial charge in [-0.25, -0.2) is 9.59 Å². The lowest BCUT2D eigenvalue weighted by molar-refractivity contribution is 0.0902. The minimum atomic E-state index is 0.0249. The van der Waals surface area contributed by atoms with Crippen LogP contribution in [0.1, 0.15) is 89.9 Å². The Balaban J connectivity index is 1.31. The number of amides is 4. The van der Waals surface area contributed by atoms with Crippen LogP contribution >= 0.6 is 0 Å². The van der Waals surface area contributed by atoms with Crippen LogP contribution in [0.2, 0.25) is 0 Å². The third-order valence-electron chi connectivity index (χ3n) is 10.8. The van der Waals surface area contributed by atoms with E-state index in [0.29, 0.717) is 11.8 Å². The zero-order valence-electron chi connectivity index (χ0n) is 28.8. The standard InChI is InChI=1S/C38H58N6O2/c1-41(2)33-23-19-31(20-24-33)39-37(45)43(35-15-7-5-8-16-35)27-29-13-11-12-14-30(29)28-44(36-17-9-6-10-18-36)38(46)40-32-21-25-34(26-22-32)42(3)4/h19-26,29-30,35-36H,5-18,27-28H2,1-4H3,(H,39,45)(H,40,46). The number of anilines is 4. The molecule has 0 saturated heterocycles. The highest BCUT2D eigenvalue weighted by molar-refractivity contribution is 5.90. The second-order valence-corrected chi connectivity index (χ2v) is 14.4. The van der Waals surface area contributed by atoms with E-state index in [9.17, 15) is 9.59 Å². The molecule has 46 heavy (non-hydrogen) atoms. The number of nitrogens with one attached hydrogen (secondary N) is 2. The number of hydrogen-bond donors (Lipinski definition) is 2. The molecule has 0 aliphatic heterocycles. The van der Waals surface area contributed by atoms with Crippen molar-refractivity contribution in [3.8, 4) is 0 Å². The van der Waals surface area contributed by atoms with Crippen molar-refractivity contribution >= 4 is 34.8 Å². The average Bonchev–Trinajstić information content (AvgIpc) is 3.07. The largest absolute Gasteiger partial charge is 0.378 e. The van der Waals surface area contributed by atoms with E-state index in [1.165, 1.54) is 51.4 Å². The maximum atomic E-state index is 14.0. The van der Waals surface area contributed by atoms with Gasteiger partial charge in [-0.2, -0.15) is 0 Å².